The first-order chi connectivity index (χ1) is 13.9. The van der Waals surface area contributed by atoms with Crippen LogP contribution in [-0.2, 0) is 11.3 Å². The number of carbonyl (C=O) groups excluding carboxylic acids is 2. The Labute approximate surface area is 172 Å². The van der Waals surface area contributed by atoms with Crippen molar-refractivity contribution >= 4 is 17.7 Å². The number of amides is 2. The van der Waals surface area contributed by atoms with Gasteiger partial charge in [-0.25, -0.2) is 9.59 Å². The van der Waals surface area contributed by atoms with E-state index in [1.807, 2.05) is 54.4 Å². The number of para-hydroxylation sites is 1. The smallest absolute Gasteiger partial charge is 0.337 e. The van der Waals surface area contributed by atoms with E-state index in [9.17, 15) is 9.59 Å². The van der Waals surface area contributed by atoms with Crippen LogP contribution in [0.1, 0.15) is 29.8 Å². The molecule has 0 aromatic heterocycles. The number of nitrogens with zero attached hydrogens (tertiary/aromatic N) is 3. The third kappa shape index (κ3) is 4.77. The van der Waals surface area contributed by atoms with Crippen LogP contribution in [0.3, 0.4) is 0 Å². The summed E-state index contributed by atoms with van der Waals surface area (Å²) >= 11 is 0. The molecule has 0 bridgehead atoms. The maximum atomic E-state index is 13.0. The van der Waals surface area contributed by atoms with E-state index >= 15 is 0 Å². The lowest BCUT2D eigenvalue weighted by atomic mass is 10.1. The molecule has 154 valence electrons. The Morgan fingerprint density at radius 2 is 1.59 bits per heavy atom. The highest BCUT2D eigenvalue weighted by Crippen LogP contribution is 2.22. The summed E-state index contributed by atoms with van der Waals surface area (Å²) in [6.07, 6.45) is 0. The summed E-state index contributed by atoms with van der Waals surface area (Å²) < 4.78 is 4.75. The molecule has 0 N–H and O–H groups in total. The normalized spacial score (nSPS) is 19.7. The van der Waals surface area contributed by atoms with Gasteiger partial charge in [0.25, 0.3) is 0 Å². The van der Waals surface area contributed by atoms with Gasteiger partial charge in [0.15, 0.2) is 0 Å². The van der Waals surface area contributed by atoms with Crippen molar-refractivity contribution in [1.82, 2.24) is 9.80 Å². The second-order valence-corrected chi connectivity index (χ2v) is 7.64. The van der Waals surface area contributed by atoms with Crippen LogP contribution < -0.4 is 4.90 Å². The third-order valence-corrected chi connectivity index (χ3v) is 5.54. The summed E-state index contributed by atoms with van der Waals surface area (Å²) in [5, 5.41) is 0. The van der Waals surface area contributed by atoms with Crippen LogP contribution in [0.25, 0.3) is 0 Å². The highest BCUT2D eigenvalue weighted by molar-refractivity contribution is 5.91. The standard InChI is InChI=1S/C23H29N3O3/c1-17-14-25(23(28)24(3)21-8-6-5-7-9-21)15-18(2)26(17)16-19-10-12-20(13-11-19)22(27)29-4/h5-13,17-18H,14-16H2,1-4H3/t17-,18+. The van der Waals surface area contributed by atoms with E-state index in [0.717, 1.165) is 17.8 Å². The molecular formula is C23H29N3O3. The number of esters is 1. The van der Waals surface area contributed by atoms with Crippen molar-refractivity contribution in [2.24, 2.45) is 0 Å². The van der Waals surface area contributed by atoms with Gasteiger partial charge in [0.1, 0.15) is 0 Å². The molecule has 0 spiro atoms. The van der Waals surface area contributed by atoms with Crippen LogP contribution in [-0.4, -0.2) is 61.1 Å². The highest BCUT2D eigenvalue weighted by Gasteiger charge is 2.33. The largest absolute Gasteiger partial charge is 0.465 e. The van der Waals surface area contributed by atoms with Crippen molar-refractivity contribution in [3.63, 3.8) is 0 Å². The Balaban J connectivity index is 1.64. The molecule has 1 aliphatic rings. The summed E-state index contributed by atoms with van der Waals surface area (Å²) in [7, 11) is 3.21. The summed E-state index contributed by atoms with van der Waals surface area (Å²) in [5.41, 5.74) is 2.58. The Morgan fingerprint density at radius 1 is 1.00 bits per heavy atom. The second-order valence-electron chi connectivity index (χ2n) is 7.64. The summed E-state index contributed by atoms with van der Waals surface area (Å²) in [6, 6.07) is 17.7. The zero-order valence-corrected chi connectivity index (χ0v) is 17.5. The van der Waals surface area contributed by atoms with Crippen molar-refractivity contribution < 1.29 is 14.3 Å². The van der Waals surface area contributed by atoms with Crippen LogP contribution in [0, 0.1) is 0 Å². The number of ether oxygens (including phenoxy) is 1. The molecule has 3 rings (SSSR count). The molecule has 1 saturated heterocycles. The van der Waals surface area contributed by atoms with Gasteiger partial charge in [-0.2, -0.15) is 0 Å². The molecule has 6 nitrogen and oxygen atoms in total. The molecule has 1 heterocycles. The Bertz CT molecular complexity index is 826. The quantitative estimate of drug-likeness (QED) is 0.742. The minimum absolute atomic E-state index is 0.0250. The summed E-state index contributed by atoms with van der Waals surface area (Å²) in [4.78, 5) is 30.6. The zero-order chi connectivity index (χ0) is 21.0. The number of rotatable bonds is 4. The van der Waals surface area contributed by atoms with Gasteiger partial charge >= 0.3 is 12.0 Å². The first kappa shape index (κ1) is 20.9. The Kier molecular flexibility index (Phi) is 6.54. The van der Waals surface area contributed by atoms with Crippen molar-refractivity contribution in [2.45, 2.75) is 32.5 Å². The first-order valence-corrected chi connectivity index (χ1v) is 9.91. The molecular weight excluding hydrogens is 366 g/mol. The molecule has 6 heteroatoms. The van der Waals surface area contributed by atoms with Crippen LogP contribution in [0.4, 0.5) is 10.5 Å². The van der Waals surface area contributed by atoms with Gasteiger partial charge in [-0.15, -0.1) is 0 Å². The minimum Gasteiger partial charge on any atom is -0.465 e. The number of methoxy groups -OCH3 is 1. The molecule has 0 radical (unpaired) electrons. The number of urea groups is 1. The number of carbonyl (C=O) groups is 2. The van der Waals surface area contributed by atoms with E-state index in [4.69, 9.17) is 4.74 Å². The van der Waals surface area contributed by atoms with Crippen LogP contribution in [0.5, 0.6) is 0 Å². The molecule has 0 unspecified atom stereocenters. The van der Waals surface area contributed by atoms with Crippen molar-refractivity contribution in [3.05, 3.63) is 65.7 Å². The van der Waals surface area contributed by atoms with Crippen LogP contribution in [0.15, 0.2) is 54.6 Å². The number of hydrogen-bond acceptors (Lipinski definition) is 4. The lowest BCUT2D eigenvalue weighted by Crippen LogP contribution is -2.59. The fourth-order valence-corrected chi connectivity index (χ4v) is 3.87. The molecule has 2 atom stereocenters. The van der Waals surface area contributed by atoms with Gasteiger partial charge in [0.2, 0.25) is 0 Å². The number of piperazine rings is 1. The molecule has 2 amide bonds. The van der Waals surface area contributed by atoms with Gasteiger partial charge in [-0.3, -0.25) is 9.80 Å². The van der Waals surface area contributed by atoms with E-state index in [1.165, 1.54) is 7.11 Å². The molecule has 2 aromatic carbocycles. The Hall–Kier alpha value is -2.86. The number of benzene rings is 2. The Morgan fingerprint density at radius 3 is 2.14 bits per heavy atom. The lowest BCUT2D eigenvalue weighted by molar-refractivity contribution is 0.0512. The van der Waals surface area contributed by atoms with Gasteiger partial charge in [0.05, 0.1) is 12.7 Å². The number of anilines is 1. The lowest BCUT2D eigenvalue weighted by Gasteiger charge is -2.45. The highest BCUT2D eigenvalue weighted by atomic mass is 16.5. The van der Waals surface area contributed by atoms with Crippen LogP contribution in [0.2, 0.25) is 0 Å². The van der Waals surface area contributed by atoms with E-state index in [2.05, 4.69) is 18.7 Å². The van der Waals surface area contributed by atoms with Gasteiger partial charge in [0, 0.05) is 44.5 Å². The molecule has 2 aromatic rings. The maximum absolute atomic E-state index is 13.0. The van der Waals surface area contributed by atoms with Crippen molar-refractivity contribution in [2.75, 3.05) is 32.1 Å². The van der Waals surface area contributed by atoms with E-state index in [-0.39, 0.29) is 24.1 Å². The van der Waals surface area contributed by atoms with Gasteiger partial charge < -0.3 is 9.64 Å². The molecule has 1 aliphatic heterocycles. The molecule has 0 saturated carbocycles. The predicted octanol–water partition coefficient (Wildman–Crippen LogP) is 3.62. The second kappa shape index (κ2) is 9.09. The van der Waals surface area contributed by atoms with E-state index in [1.54, 1.807) is 17.0 Å². The van der Waals surface area contributed by atoms with Gasteiger partial charge in [-0.05, 0) is 43.7 Å². The maximum Gasteiger partial charge on any atom is 0.337 e. The number of hydrogen-bond donors (Lipinski definition) is 0. The first-order valence-electron chi connectivity index (χ1n) is 9.91. The fraction of sp³-hybridized carbons (Fsp3) is 0.391. The van der Waals surface area contributed by atoms with Crippen molar-refractivity contribution in [1.29, 1.82) is 0 Å². The summed E-state index contributed by atoms with van der Waals surface area (Å²) in [6.45, 7) is 6.45. The third-order valence-electron chi connectivity index (χ3n) is 5.54. The predicted molar refractivity (Wildman–Crippen MR) is 114 cm³/mol. The van der Waals surface area contributed by atoms with Crippen molar-refractivity contribution in [3.8, 4) is 0 Å². The average molecular weight is 396 g/mol. The van der Waals surface area contributed by atoms with Crippen LogP contribution >= 0.6 is 0 Å². The molecule has 1 fully saturated rings. The molecule has 0 aliphatic carbocycles. The molecule has 29 heavy (non-hydrogen) atoms. The monoisotopic (exact) mass is 395 g/mol. The zero-order valence-electron chi connectivity index (χ0n) is 17.5. The average Bonchev–Trinajstić information content (AvgIpc) is 2.75. The topological polar surface area (TPSA) is 53.1 Å². The van der Waals surface area contributed by atoms with E-state index < -0.39 is 0 Å². The van der Waals surface area contributed by atoms with Gasteiger partial charge in [-0.1, -0.05) is 30.3 Å². The minimum atomic E-state index is -0.326. The van der Waals surface area contributed by atoms with E-state index in [0.29, 0.717) is 18.7 Å². The fourth-order valence-electron chi connectivity index (χ4n) is 3.87. The summed E-state index contributed by atoms with van der Waals surface area (Å²) in [5.74, 6) is -0.326. The SMILES string of the molecule is COC(=O)c1ccc(CN2[C@H](C)CN(C(=O)N(C)c3ccccc3)C[C@@H]2C)cc1.